The monoisotopic (exact) mass is 318 g/mol. The molecular weight excluding hydrogens is 302 g/mol. The van der Waals surface area contributed by atoms with Crippen LogP contribution in [0.25, 0.3) is 0 Å². The number of carbonyl (C=O) groups excluding carboxylic acids is 2. The quantitative estimate of drug-likeness (QED) is 0.855. The first-order valence-electron chi connectivity index (χ1n) is 7.06. The fourth-order valence-corrected chi connectivity index (χ4v) is 1.95. The van der Waals surface area contributed by atoms with Gasteiger partial charge < -0.3 is 10.6 Å². The highest BCUT2D eigenvalue weighted by atomic mass is 19.1. The van der Waals surface area contributed by atoms with Crippen LogP contribution in [-0.2, 0) is 22.6 Å². The molecule has 0 unspecified atom stereocenters. The van der Waals surface area contributed by atoms with Crippen molar-refractivity contribution in [2.45, 2.75) is 13.0 Å². The number of amides is 2. The van der Waals surface area contributed by atoms with Crippen molar-refractivity contribution in [3.63, 3.8) is 0 Å². The van der Waals surface area contributed by atoms with Crippen molar-refractivity contribution < 1.29 is 18.4 Å². The van der Waals surface area contributed by atoms with E-state index in [-0.39, 0.29) is 25.1 Å². The maximum absolute atomic E-state index is 13.4. The fourth-order valence-electron chi connectivity index (χ4n) is 1.95. The smallest absolute Gasteiger partial charge is 0.239 e. The molecule has 23 heavy (non-hydrogen) atoms. The molecule has 0 saturated carbocycles. The molecule has 2 amide bonds. The van der Waals surface area contributed by atoms with Crippen LogP contribution in [0.4, 0.5) is 8.78 Å². The van der Waals surface area contributed by atoms with Gasteiger partial charge in [-0.15, -0.1) is 0 Å². The van der Waals surface area contributed by atoms with Crippen molar-refractivity contribution in [2.24, 2.45) is 0 Å². The Balaban J connectivity index is 1.75. The second kappa shape index (κ2) is 8.03. The third-order valence-electron chi connectivity index (χ3n) is 3.19. The summed E-state index contributed by atoms with van der Waals surface area (Å²) in [5.74, 6) is -1.78. The van der Waals surface area contributed by atoms with E-state index >= 15 is 0 Å². The zero-order valence-electron chi connectivity index (χ0n) is 12.3. The molecule has 0 aliphatic rings. The summed E-state index contributed by atoms with van der Waals surface area (Å²) in [6.45, 7) is -0.212. The highest BCUT2D eigenvalue weighted by Crippen LogP contribution is 2.07. The molecule has 2 aromatic rings. The van der Waals surface area contributed by atoms with E-state index in [4.69, 9.17) is 0 Å². The molecule has 0 heterocycles. The molecule has 0 bridgehead atoms. The minimum Gasteiger partial charge on any atom is -0.350 e. The van der Waals surface area contributed by atoms with Gasteiger partial charge >= 0.3 is 0 Å². The van der Waals surface area contributed by atoms with Crippen LogP contribution in [0.2, 0.25) is 0 Å². The molecule has 0 spiro atoms. The molecule has 0 aromatic heterocycles. The standard InChI is InChI=1S/C17H16F2N2O2/c18-14-7-3-1-5-12(14)9-16(22)21-11-17(23)20-10-13-6-2-4-8-15(13)19/h1-8H,9-11H2,(H,20,23)(H,21,22). The first kappa shape index (κ1) is 16.6. The number of hydrogen-bond donors (Lipinski definition) is 2. The molecule has 0 saturated heterocycles. The number of nitrogens with one attached hydrogen (secondary N) is 2. The van der Waals surface area contributed by atoms with E-state index in [1.807, 2.05) is 0 Å². The number of rotatable bonds is 6. The molecule has 2 aromatic carbocycles. The summed E-state index contributed by atoms with van der Waals surface area (Å²) < 4.78 is 26.8. The van der Waals surface area contributed by atoms with Crippen LogP contribution >= 0.6 is 0 Å². The van der Waals surface area contributed by atoms with Gasteiger partial charge in [-0.1, -0.05) is 36.4 Å². The van der Waals surface area contributed by atoms with E-state index in [0.717, 1.165) is 0 Å². The topological polar surface area (TPSA) is 58.2 Å². The number of benzene rings is 2. The molecule has 0 atom stereocenters. The van der Waals surface area contributed by atoms with Crippen LogP contribution in [0.5, 0.6) is 0 Å². The fraction of sp³-hybridized carbons (Fsp3) is 0.176. The lowest BCUT2D eigenvalue weighted by Crippen LogP contribution is -2.37. The van der Waals surface area contributed by atoms with Gasteiger partial charge in [0.25, 0.3) is 0 Å². The van der Waals surface area contributed by atoms with Crippen molar-refractivity contribution >= 4 is 11.8 Å². The van der Waals surface area contributed by atoms with Crippen LogP contribution in [0.15, 0.2) is 48.5 Å². The number of halogens is 2. The number of hydrogen-bond acceptors (Lipinski definition) is 2. The van der Waals surface area contributed by atoms with Crippen molar-refractivity contribution in [3.05, 3.63) is 71.3 Å². The Morgan fingerprint density at radius 2 is 1.35 bits per heavy atom. The van der Waals surface area contributed by atoms with E-state index in [1.165, 1.54) is 24.3 Å². The summed E-state index contributed by atoms with van der Waals surface area (Å²) in [6, 6.07) is 12.0. The predicted octanol–water partition coefficient (Wildman–Crippen LogP) is 1.94. The largest absolute Gasteiger partial charge is 0.350 e. The van der Waals surface area contributed by atoms with Gasteiger partial charge in [-0.3, -0.25) is 9.59 Å². The molecule has 2 N–H and O–H groups in total. The van der Waals surface area contributed by atoms with E-state index < -0.39 is 23.4 Å². The van der Waals surface area contributed by atoms with Crippen molar-refractivity contribution in [3.8, 4) is 0 Å². The average Bonchev–Trinajstić information content (AvgIpc) is 2.54. The average molecular weight is 318 g/mol. The first-order valence-corrected chi connectivity index (χ1v) is 7.06. The molecule has 0 fully saturated rings. The van der Waals surface area contributed by atoms with Crippen LogP contribution in [0.3, 0.4) is 0 Å². The molecule has 0 aliphatic heterocycles. The lowest BCUT2D eigenvalue weighted by atomic mass is 10.1. The Hall–Kier alpha value is -2.76. The van der Waals surface area contributed by atoms with Crippen LogP contribution < -0.4 is 10.6 Å². The first-order chi connectivity index (χ1) is 11.1. The van der Waals surface area contributed by atoms with Gasteiger partial charge in [0.2, 0.25) is 11.8 Å². The molecule has 0 aliphatic carbocycles. The highest BCUT2D eigenvalue weighted by molar-refractivity contribution is 5.85. The highest BCUT2D eigenvalue weighted by Gasteiger charge is 2.09. The van der Waals surface area contributed by atoms with Crippen LogP contribution in [0, 0.1) is 11.6 Å². The maximum Gasteiger partial charge on any atom is 0.239 e. The van der Waals surface area contributed by atoms with Crippen molar-refractivity contribution in [1.29, 1.82) is 0 Å². The van der Waals surface area contributed by atoms with Gasteiger partial charge in [0.1, 0.15) is 11.6 Å². The Labute approximate surface area is 132 Å². The summed E-state index contributed by atoms with van der Waals surface area (Å²) in [7, 11) is 0. The third kappa shape index (κ3) is 5.18. The summed E-state index contributed by atoms with van der Waals surface area (Å²) in [5, 5.41) is 4.90. The summed E-state index contributed by atoms with van der Waals surface area (Å²) >= 11 is 0. The van der Waals surface area contributed by atoms with Gasteiger partial charge in [-0.05, 0) is 17.7 Å². The van der Waals surface area contributed by atoms with Gasteiger partial charge in [-0.2, -0.15) is 0 Å². The zero-order valence-corrected chi connectivity index (χ0v) is 12.3. The van der Waals surface area contributed by atoms with E-state index in [0.29, 0.717) is 5.56 Å². The summed E-state index contributed by atoms with van der Waals surface area (Å²) in [4.78, 5) is 23.3. The van der Waals surface area contributed by atoms with Crippen molar-refractivity contribution in [2.75, 3.05) is 6.54 Å². The molecule has 4 nitrogen and oxygen atoms in total. The van der Waals surface area contributed by atoms with E-state index in [9.17, 15) is 18.4 Å². The lowest BCUT2D eigenvalue weighted by Gasteiger charge is -2.08. The van der Waals surface area contributed by atoms with Gasteiger partial charge in [0.05, 0.1) is 13.0 Å². The zero-order chi connectivity index (χ0) is 16.7. The minimum absolute atomic E-state index is 0.0364. The molecule has 120 valence electrons. The number of carbonyl (C=O) groups is 2. The molecular formula is C17H16F2N2O2. The third-order valence-corrected chi connectivity index (χ3v) is 3.19. The Bertz CT molecular complexity index is 704. The SMILES string of the molecule is O=C(CNC(=O)Cc1ccccc1F)NCc1ccccc1F. The van der Waals surface area contributed by atoms with Gasteiger partial charge in [0.15, 0.2) is 0 Å². The van der Waals surface area contributed by atoms with Gasteiger partial charge in [-0.25, -0.2) is 8.78 Å². The van der Waals surface area contributed by atoms with E-state index in [2.05, 4.69) is 10.6 Å². The van der Waals surface area contributed by atoms with Crippen LogP contribution in [0.1, 0.15) is 11.1 Å². The second-order valence-electron chi connectivity index (χ2n) is 4.91. The normalized spacial score (nSPS) is 10.2. The summed E-state index contributed by atoms with van der Waals surface area (Å²) in [6.07, 6.45) is -0.146. The predicted molar refractivity (Wildman–Crippen MR) is 81.4 cm³/mol. The summed E-state index contributed by atoms with van der Waals surface area (Å²) in [5.41, 5.74) is 0.621. The molecule has 2 rings (SSSR count). The van der Waals surface area contributed by atoms with E-state index in [1.54, 1.807) is 24.3 Å². The van der Waals surface area contributed by atoms with Crippen molar-refractivity contribution in [1.82, 2.24) is 10.6 Å². The van der Waals surface area contributed by atoms with Gasteiger partial charge in [0, 0.05) is 12.1 Å². The Morgan fingerprint density at radius 3 is 1.96 bits per heavy atom. The molecule has 0 radical (unpaired) electrons. The van der Waals surface area contributed by atoms with Crippen LogP contribution in [-0.4, -0.2) is 18.4 Å². The second-order valence-corrected chi connectivity index (χ2v) is 4.91. The minimum atomic E-state index is -0.466. The Kier molecular flexibility index (Phi) is 5.80. The maximum atomic E-state index is 13.4. The lowest BCUT2D eigenvalue weighted by molar-refractivity contribution is -0.125. The molecule has 6 heteroatoms. The Morgan fingerprint density at radius 1 is 0.783 bits per heavy atom.